The number of benzene rings is 1. The fraction of sp³-hybridized carbons (Fsp3) is 0.0526. The van der Waals surface area contributed by atoms with Crippen molar-refractivity contribution in [2.75, 3.05) is 4.90 Å². The number of furan rings is 1. The summed E-state index contributed by atoms with van der Waals surface area (Å²) >= 11 is 15.0. The van der Waals surface area contributed by atoms with Crippen molar-refractivity contribution in [3.63, 3.8) is 0 Å². The van der Waals surface area contributed by atoms with Crippen LogP contribution in [0.4, 0.5) is 5.69 Å². The first-order valence-corrected chi connectivity index (χ1v) is 10.5. The number of amides is 2. The molecule has 0 unspecified atom stereocenters. The molecule has 27 heavy (non-hydrogen) atoms. The number of carbonyl (C=O) groups excluding carboxylic acids is 2. The Bertz CT molecular complexity index is 1040. The lowest BCUT2D eigenvalue weighted by molar-refractivity contribution is -0.119. The topological polar surface area (TPSA) is 50.5 Å². The Kier molecular flexibility index (Phi) is 5.14. The maximum atomic E-state index is 13.2. The summed E-state index contributed by atoms with van der Waals surface area (Å²) < 4.78 is 5.34. The molecule has 3 heterocycles. The van der Waals surface area contributed by atoms with E-state index in [9.17, 15) is 9.59 Å². The van der Waals surface area contributed by atoms with Crippen molar-refractivity contribution in [3.05, 3.63) is 79.7 Å². The smallest absolute Gasteiger partial charge is 0.272 e. The molecule has 8 heteroatoms. The molecule has 3 aromatic rings. The van der Waals surface area contributed by atoms with Crippen molar-refractivity contribution in [3.8, 4) is 0 Å². The molecule has 4 nitrogen and oxygen atoms in total. The van der Waals surface area contributed by atoms with E-state index in [-0.39, 0.29) is 15.7 Å². The molecule has 1 aliphatic heterocycles. The molecule has 4 rings (SSSR count). The second kappa shape index (κ2) is 7.56. The number of carbonyl (C=O) groups is 2. The van der Waals surface area contributed by atoms with Gasteiger partial charge in [0.25, 0.3) is 11.8 Å². The number of rotatable bonds is 5. The van der Waals surface area contributed by atoms with Crippen molar-refractivity contribution in [2.45, 2.75) is 5.75 Å². The lowest BCUT2D eigenvalue weighted by Gasteiger charge is -2.17. The van der Waals surface area contributed by atoms with Gasteiger partial charge < -0.3 is 4.42 Å². The van der Waals surface area contributed by atoms with Gasteiger partial charge in [0.15, 0.2) is 0 Å². The SMILES string of the molecule is O=C1C(SCc2ccco2)=C(c2cccs2)C(=O)N1c1cccc(Cl)c1Cl. The molecular formula is C19H11Cl2NO3S2. The summed E-state index contributed by atoms with van der Waals surface area (Å²) in [7, 11) is 0. The molecule has 0 aliphatic carbocycles. The molecule has 0 saturated carbocycles. The Hall–Kier alpha value is -1.99. The van der Waals surface area contributed by atoms with Crippen LogP contribution in [0, 0.1) is 0 Å². The predicted octanol–water partition coefficient (Wildman–Crippen LogP) is 5.87. The van der Waals surface area contributed by atoms with Gasteiger partial charge in [0.2, 0.25) is 0 Å². The van der Waals surface area contributed by atoms with Crippen molar-refractivity contribution >= 4 is 69.4 Å². The molecule has 2 amide bonds. The summed E-state index contributed by atoms with van der Waals surface area (Å²) in [5.74, 6) is 0.336. The van der Waals surface area contributed by atoms with Gasteiger partial charge in [-0.15, -0.1) is 23.1 Å². The highest BCUT2D eigenvalue weighted by atomic mass is 35.5. The standard InChI is InChI=1S/C19H11Cl2NO3S2/c20-12-5-1-6-13(16(12)21)22-18(23)15(14-7-3-9-26-14)17(19(22)24)27-10-11-4-2-8-25-11/h1-9H,10H2. The minimum atomic E-state index is -0.413. The van der Waals surface area contributed by atoms with E-state index < -0.39 is 11.8 Å². The Balaban J connectivity index is 1.76. The molecule has 0 N–H and O–H groups in total. The van der Waals surface area contributed by atoms with Crippen molar-refractivity contribution in [1.82, 2.24) is 0 Å². The number of anilines is 1. The van der Waals surface area contributed by atoms with Gasteiger partial charge in [-0.05, 0) is 35.7 Å². The van der Waals surface area contributed by atoms with Crippen LogP contribution in [0.25, 0.3) is 5.57 Å². The molecule has 0 radical (unpaired) electrons. The maximum Gasteiger partial charge on any atom is 0.272 e. The van der Waals surface area contributed by atoms with Gasteiger partial charge in [0.1, 0.15) is 5.76 Å². The van der Waals surface area contributed by atoms with Gasteiger partial charge in [-0.1, -0.05) is 35.3 Å². The maximum absolute atomic E-state index is 13.2. The highest BCUT2D eigenvalue weighted by Crippen LogP contribution is 2.43. The van der Waals surface area contributed by atoms with E-state index in [1.54, 1.807) is 30.5 Å². The number of nitrogens with zero attached hydrogens (tertiary/aromatic N) is 1. The van der Waals surface area contributed by atoms with Crippen LogP contribution in [0.15, 0.2) is 63.4 Å². The van der Waals surface area contributed by atoms with Crippen molar-refractivity contribution in [1.29, 1.82) is 0 Å². The molecule has 1 aliphatic rings. The third-order valence-electron chi connectivity index (χ3n) is 3.92. The van der Waals surface area contributed by atoms with Gasteiger partial charge in [-0.2, -0.15) is 0 Å². The number of hydrogen-bond acceptors (Lipinski definition) is 5. The van der Waals surface area contributed by atoms with E-state index in [1.165, 1.54) is 23.1 Å². The number of thiophene rings is 1. The monoisotopic (exact) mass is 435 g/mol. The first kappa shape index (κ1) is 18.4. The second-order valence-corrected chi connectivity index (χ2v) is 8.29. The zero-order valence-corrected chi connectivity index (χ0v) is 16.8. The fourth-order valence-electron chi connectivity index (χ4n) is 2.70. The molecule has 2 aromatic heterocycles. The average Bonchev–Trinajstić information content (AvgIpc) is 3.38. The van der Waals surface area contributed by atoms with Crippen molar-refractivity contribution < 1.29 is 14.0 Å². The lowest BCUT2D eigenvalue weighted by Crippen LogP contribution is -2.31. The zero-order valence-electron chi connectivity index (χ0n) is 13.6. The summed E-state index contributed by atoms with van der Waals surface area (Å²) in [6.07, 6.45) is 1.57. The largest absolute Gasteiger partial charge is 0.468 e. The molecule has 0 bridgehead atoms. The number of halogens is 2. The van der Waals surface area contributed by atoms with E-state index in [1.807, 2.05) is 23.6 Å². The van der Waals surface area contributed by atoms with Gasteiger partial charge in [-0.3, -0.25) is 9.59 Å². The Morgan fingerprint density at radius 2 is 1.89 bits per heavy atom. The predicted molar refractivity (Wildman–Crippen MR) is 110 cm³/mol. The van der Waals surface area contributed by atoms with Crippen LogP contribution in [-0.4, -0.2) is 11.8 Å². The molecule has 0 atom stereocenters. The minimum Gasteiger partial charge on any atom is -0.468 e. The molecule has 136 valence electrons. The van der Waals surface area contributed by atoms with Crippen LogP contribution in [-0.2, 0) is 15.3 Å². The number of imide groups is 1. The van der Waals surface area contributed by atoms with Crippen LogP contribution in [0.2, 0.25) is 10.0 Å². The Morgan fingerprint density at radius 1 is 1.04 bits per heavy atom. The number of hydrogen-bond donors (Lipinski definition) is 0. The van der Waals surface area contributed by atoms with Gasteiger partial charge in [0, 0.05) is 4.88 Å². The minimum absolute atomic E-state index is 0.170. The first-order valence-electron chi connectivity index (χ1n) is 7.84. The third-order valence-corrected chi connectivity index (χ3v) is 6.71. The normalized spacial score (nSPS) is 14.5. The highest BCUT2D eigenvalue weighted by Gasteiger charge is 2.41. The molecule has 0 spiro atoms. The quantitative estimate of drug-likeness (QED) is 0.470. The average molecular weight is 436 g/mol. The van der Waals surface area contributed by atoms with Crippen molar-refractivity contribution in [2.24, 2.45) is 0 Å². The summed E-state index contributed by atoms with van der Waals surface area (Å²) in [5, 5.41) is 2.32. The lowest BCUT2D eigenvalue weighted by atomic mass is 10.2. The van der Waals surface area contributed by atoms with Crippen LogP contribution in [0.1, 0.15) is 10.6 Å². The second-order valence-electron chi connectivity index (χ2n) is 5.57. The fourth-order valence-corrected chi connectivity index (χ4v) is 4.92. The van der Waals surface area contributed by atoms with Crippen LogP contribution in [0.5, 0.6) is 0 Å². The number of thioether (sulfide) groups is 1. The molecule has 0 fully saturated rings. The summed E-state index contributed by atoms with van der Waals surface area (Å²) in [6, 6.07) is 12.1. The molecule has 1 aromatic carbocycles. The Labute approximate surface area is 173 Å². The van der Waals surface area contributed by atoms with E-state index in [0.29, 0.717) is 16.2 Å². The van der Waals surface area contributed by atoms with Crippen LogP contribution in [0.3, 0.4) is 0 Å². The Morgan fingerprint density at radius 3 is 2.59 bits per heavy atom. The van der Waals surface area contributed by atoms with Gasteiger partial charge in [0.05, 0.1) is 38.2 Å². The zero-order chi connectivity index (χ0) is 19.0. The van der Waals surface area contributed by atoms with E-state index in [2.05, 4.69) is 0 Å². The third kappa shape index (κ3) is 3.34. The summed E-state index contributed by atoms with van der Waals surface area (Å²) in [5.41, 5.74) is 0.657. The molecular weight excluding hydrogens is 425 g/mol. The van der Waals surface area contributed by atoms with Gasteiger partial charge in [-0.25, -0.2) is 4.90 Å². The van der Waals surface area contributed by atoms with Crippen LogP contribution < -0.4 is 4.90 Å². The molecule has 0 saturated heterocycles. The highest BCUT2D eigenvalue weighted by molar-refractivity contribution is 8.03. The van der Waals surface area contributed by atoms with E-state index >= 15 is 0 Å². The first-order chi connectivity index (χ1) is 13.1. The summed E-state index contributed by atoms with van der Waals surface area (Å²) in [6.45, 7) is 0. The van der Waals surface area contributed by atoms with E-state index in [4.69, 9.17) is 27.6 Å². The summed E-state index contributed by atoms with van der Waals surface area (Å²) in [4.78, 5) is 28.5. The van der Waals surface area contributed by atoms with Crippen LogP contribution >= 0.6 is 46.3 Å². The van der Waals surface area contributed by atoms with E-state index in [0.717, 1.165) is 15.5 Å². The van der Waals surface area contributed by atoms with Gasteiger partial charge >= 0.3 is 0 Å².